The summed E-state index contributed by atoms with van der Waals surface area (Å²) in [5.74, 6) is 2.45. The molecule has 0 saturated carbocycles. The zero-order valence-corrected chi connectivity index (χ0v) is 15.9. The highest BCUT2D eigenvalue weighted by molar-refractivity contribution is 5.94. The number of rotatable bonds is 4. The van der Waals surface area contributed by atoms with Crippen LogP contribution in [0.4, 0.5) is 0 Å². The van der Waals surface area contributed by atoms with Crippen LogP contribution < -0.4 is 0 Å². The molecule has 8 nitrogen and oxygen atoms in total. The van der Waals surface area contributed by atoms with E-state index in [0.29, 0.717) is 35.5 Å². The van der Waals surface area contributed by atoms with E-state index >= 15 is 0 Å². The lowest BCUT2D eigenvalue weighted by molar-refractivity contribution is 0.0687. The van der Waals surface area contributed by atoms with Crippen molar-refractivity contribution in [2.24, 2.45) is 5.92 Å². The van der Waals surface area contributed by atoms with Gasteiger partial charge in [-0.1, -0.05) is 19.0 Å². The van der Waals surface area contributed by atoms with Crippen LogP contribution in [0, 0.1) is 12.8 Å². The third-order valence-electron chi connectivity index (χ3n) is 4.91. The molecule has 8 heteroatoms. The fourth-order valence-electron chi connectivity index (χ4n) is 3.65. The van der Waals surface area contributed by atoms with E-state index in [-0.39, 0.29) is 11.8 Å². The number of hydrogen-bond acceptors (Lipinski definition) is 6. The number of piperidine rings is 1. The number of fused-ring (bicyclic) bond motifs is 1. The first-order valence-corrected chi connectivity index (χ1v) is 9.44. The number of amides is 1. The highest BCUT2D eigenvalue weighted by atomic mass is 16.5. The molecule has 1 aliphatic rings. The van der Waals surface area contributed by atoms with Gasteiger partial charge in [0.2, 0.25) is 11.7 Å². The molecule has 1 atom stereocenters. The van der Waals surface area contributed by atoms with Crippen LogP contribution in [0.3, 0.4) is 0 Å². The van der Waals surface area contributed by atoms with Crippen molar-refractivity contribution in [3.63, 3.8) is 0 Å². The normalized spacial score (nSPS) is 17.8. The Hall–Kier alpha value is -2.77. The second kappa shape index (κ2) is 7.09. The van der Waals surface area contributed by atoms with Gasteiger partial charge in [-0.25, -0.2) is 9.97 Å². The standard InChI is InChI=1S/C19H24N6O2/c1-12(2)10-15-22-17(27-23-15)14-6-4-8-24(11-14)18(26)16-13(3)21-19-20-7-5-9-25(16)19/h5,7,9,12,14H,4,6,8,10-11H2,1-3H3. The Morgan fingerprint density at radius 1 is 1.37 bits per heavy atom. The van der Waals surface area contributed by atoms with Crippen LogP contribution >= 0.6 is 0 Å². The smallest absolute Gasteiger partial charge is 0.272 e. The summed E-state index contributed by atoms with van der Waals surface area (Å²) >= 11 is 0. The van der Waals surface area contributed by atoms with Gasteiger partial charge in [0, 0.05) is 31.9 Å². The predicted octanol–water partition coefficient (Wildman–Crippen LogP) is 2.64. The lowest BCUT2D eigenvalue weighted by Gasteiger charge is -2.31. The maximum atomic E-state index is 13.2. The van der Waals surface area contributed by atoms with Crippen molar-refractivity contribution in [1.29, 1.82) is 0 Å². The molecule has 3 aromatic heterocycles. The van der Waals surface area contributed by atoms with Crippen LogP contribution in [0.5, 0.6) is 0 Å². The Morgan fingerprint density at radius 2 is 2.22 bits per heavy atom. The van der Waals surface area contributed by atoms with Crippen LogP contribution in [-0.4, -0.2) is 48.4 Å². The maximum absolute atomic E-state index is 13.2. The van der Waals surface area contributed by atoms with Gasteiger partial charge in [-0.3, -0.25) is 9.20 Å². The first-order valence-electron chi connectivity index (χ1n) is 9.44. The fraction of sp³-hybridized carbons (Fsp3) is 0.526. The lowest BCUT2D eigenvalue weighted by atomic mass is 9.97. The average molecular weight is 368 g/mol. The van der Waals surface area contributed by atoms with Gasteiger partial charge in [-0.2, -0.15) is 4.98 Å². The molecule has 27 heavy (non-hydrogen) atoms. The van der Waals surface area contributed by atoms with E-state index in [1.54, 1.807) is 16.7 Å². The minimum absolute atomic E-state index is 0.0281. The van der Waals surface area contributed by atoms with E-state index in [0.717, 1.165) is 31.6 Å². The number of nitrogens with zero attached hydrogens (tertiary/aromatic N) is 6. The largest absolute Gasteiger partial charge is 0.339 e. The van der Waals surface area contributed by atoms with E-state index in [1.165, 1.54) is 0 Å². The highest BCUT2D eigenvalue weighted by Gasteiger charge is 2.31. The summed E-state index contributed by atoms with van der Waals surface area (Å²) in [6, 6.07) is 1.80. The van der Waals surface area contributed by atoms with Crippen molar-refractivity contribution in [2.45, 2.75) is 46.0 Å². The predicted molar refractivity (Wildman–Crippen MR) is 98.4 cm³/mol. The molecule has 0 aromatic carbocycles. The number of likely N-dealkylation sites (tertiary alicyclic amines) is 1. The maximum Gasteiger partial charge on any atom is 0.272 e. The van der Waals surface area contributed by atoms with Gasteiger partial charge in [0.1, 0.15) is 5.69 Å². The Balaban J connectivity index is 1.55. The second-order valence-corrected chi connectivity index (χ2v) is 7.57. The minimum Gasteiger partial charge on any atom is -0.339 e. The number of aromatic nitrogens is 5. The van der Waals surface area contributed by atoms with Crippen molar-refractivity contribution < 1.29 is 9.32 Å². The molecule has 1 saturated heterocycles. The van der Waals surface area contributed by atoms with Crippen molar-refractivity contribution in [2.75, 3.05) is 13.1 Å². The van der Waals surface area contributed by atoms with Gasteiger partial charge in [-0.15, -0.1) is 0 Å². The topological polar surface area (TPSA) is 89.4 Å². The highest BCUT2D eigenvalue weighted by Crippen LogP contribution is 2.27. The van der Waals surface area contributed by atoms with Gasteiger partial charge >= 0.3 is 0 Å². The first kappa shape index (κ1) is 17.6. The molecule has 1 amide bonds. The Kier molecular flexibility index (Phi) is 4.63. The minimum atomic E-state index is -0.0281. The van der Waals surface area contributed by atoms with E-state index in [2.05, 4.69) is 34.0 Å². The zero-order chi connectivity index (χ0) is 19.0. The number of hydrogen-bond donors (Lipinski definition) is 0. The molecule has 4 rings (SSSR count). The number of carbonyl (C=O) groups is 1. The molecule has 0 spiro atoms. The van der Waals surface area contributed by atoms with Crippen molar-refractivity contribution in [3.8, 4) is 0 Å². The lowest BCUT2D eigenvalue weighted by Crippen LogP contribution is -2.40. The summed E-state index contributed by atoms with van der Waals surface area (Å²) in [5, 5.41) is 4.09. The molecule has 1 aliphatic heterocycles. The van der Waals surface area contributed by atoms with Crippen LogP contribution in [0.25, 0.3) is 5.78 Å². The third-order valence-corrected chi connectivity index (χ3v) is 4.91. The quantitative estimate of drug-likeness (QED) is 0.703. The van der Waals surface area contributed by atoms with Gasteiger partial charge in [0.05, 0.1) is 11.6 Å². The Labute approximate surface area is 157 Å². The van der Waals surface area contributed by atoms with Crippen molar-refractivity contribution in [1.82, 2.24) is 29.4 Å². The summed E-state index contributed by atoms with van der Waals surface area (Å²) < 4.78 is 7.25. The van der Waals surface area contributed by atoms with Crippen LogP contribution in [-0.2, 0) is 6.42 Å². The summed E-state index contributed by atoms with van der Waals surface area (Å²) in [4.78, 5) is 28.2. The number of aryl methyl sites for hydroxylation is 1. The van der Waals surface area contributed by atoms with Crippen molar-refractivity contribution in [3.05, 3.63) is 41.6 Å². The SMILES string of the molecule is Cc1nc2ncccn2c1C(=O)N1CCCC(c2nc(CC(C)C)no2)C1. The molecule has 1 unspecified atom stereocenters. The van der Waals surface area contributed by atoms with Crippen molar-refractivity contribution >= 4 is 11.7 Å². The summed E-state index contributed by atoms with van der Waals surface area (Å²) in [6.45, 7) is 7.40. The third kappa shape index (κ3) is 3.43. The van der Waals surface area contributed by atoms with Crippen LogP contribution in [0.1, 0.15) is 60.5 Å². The molecule has 0 radical (unpaired) electrons. The van der Waals surface area contributed by atoms with E-state index in [1.807, 2.05) is 18.0 Å². The van der Waals surface area contributed by atoms with Gasteiger partial charge in [0.25, 0.3) is 5.91 Å². The molecule has 0 bridgehead atoms. The molecule has 3 aromatic rings. The summed E-state index contributed by atoms with van der Waals surface area (Å²) in [7, 11) is 0. The Morgan fingerprint density at radius 3 is 3.04 bits per heavy atom. The molecule has 4 heterocycles. The molecule has 0 N–H and O–H groups in total. The van der Waals surface area contributed by atoms with E-state index in [9.17, 15) is 4.79 Å². The van der Waals surface area contributed by atoms with Gasteiger partial charge in [-0.05, 0) is 31.7 Å². The molecule has 1 fully saturated rings. The van der Waals surface area contributed by atoms with E-state index < -0.39 is 0 Å². The monoisotopic (exact) mass is 368 g/mol. The van der Waals surface area contributed by atoms with Gasteiger partial charge < -0.3 is 9.42 Å². The molecule has 0 aliphatic carbocycles. The Bertz CT molecular complexity index is 960. The van der Waals surface area contributed by atoms with Gasteiger partial charge in [0.15, 0.2) is 5.82 Å². The first-order chi connectivity index (χ1) is 13.0. The molecular weight excluding hydrogens is 344 g/mol. The second-order valence-electron chi connectivity index (χ2n) is 7.57. The average Bonchev–Trinajstić information content (AvgIpc) is 3.24. The van der Waals surface area contributed by atoms with Crippen LogP contribution in [0.2, 0.25) is 0 Å². The van der Waals surface area contributed by atoms with E-state index in [4.69, 9.17) is 4.52 Å². The molecule has 142 valence electrons. The van der Waals surface area contributed by atoms with Crippen LogP contribution in [0.15, 0.2) is 23.0 Å². The summed E-state index contributed by atoms with van der Waals surface area (Å²) in [6.07, 6.45) is 6.16. The summed E-state index contributed by atoms with van der Waals surface area (Å²) in [5.41, 5.74) is 1.27. The number of carbonyl (C=O) groups excluding carboxylic acids is 1. The number of imidazole rings is 1. The fourth-order valence-corrected chi connectivity index (χ4v) is 3.65. The molecular formula is C19H24N6O2. The zero-order valence-electron chi connectivity index (χ0n) is 15.9.